The second-order valence-electron chi connectivity index (χ2n) is 4.75. The van der Waals surface area contributed by atoms with Crippen LogP contribution in [0.4, 0.5) is 0 Å². The first-order valence-corrected chi connectivity index (χ1v) is 6.03. The fraction of sp³-hybridized carbons (Fsp3) is 0.750. The average molecular weight is 224 g/mol. The molecule has 0 spiro atoms. The van der Waals surface area contributed by atoms with Crippen LogP contribution in [0.2, 0.25) is 0 Å². The number of likely N-dealkylation sites (tertiary alicyclic amines) is 1. The van der Waals surface area contributed by atoms with E-state index in [1.165, 1.54) is 0 Å². The third-order valence-corrected chi connectivity index (χ3v) is 3.59. The molecule has 2 heterocycles. The zero-order chi connectivity index (χ0) is 11.5. The number of nitrogens with zero attached hydrogens (tertiary/aromatic N) is 1. The minimum Gasteiger partial charge on any atom is -0.392 e. The summed E-state index contributed by atoms with van der Waals surface area (Å²) in [6.45, 7) is 5.98. The SMILES string of the molecule is C=CC1CCN(C(=O)C2CC(O)CN2)CC1. The van der Waals surface area contributed by atoms with Crippen LogP contribution in [-0.4, -0.2) is 47.7 Å². The lowest BCUT2D eigenvalue weighted by Crippen LogP contribution is -2.46. The summed E-state index contributed by atoms with van der Waals surface area (Å²) in [4.78, 5) is 14.0. The van der Waals surface area contributed by atoms with Gasteiger partial charge in [0.15, 0.2) is 0 Å². The molecule has 0 saturated carbocycles. The number of aliphatic hydroxyl groups excluding tert-OH is 1. The number of aliphatic hydroxyl groups is 1. The molecule has 1 amide bonds. The zero-order valence-electron chi connectivity index (χ0n) is 9.56. The van der Waals surface area contributed by atoms with Crippen LogP contribution in [0.5, 0.6) is 0 Å². The first-order chi connectivity index (χ1) is 7.70. The molecule has 0 radical (unpaired) electrons. The highest BCUT2D eigenvalue weighted by Gasteiger charge is 2.32. The van der Waals surface area contributed by atoms with Gasteiger partial charge in [-0.1, -0.05) is 6.08 Å². The van der Waals surface area contributed by atoms with Crippen LogP contribution in [0.1, 0.15) is 19.3 Å². The molecule has 0 aromatic carbocycles. The lowest BCUT2D eigenvalue weighted by atomic mass is 9.96. The number of carbonyl (C=O) groups excluding carboxylic acids is 1. The number of hydrogen-bond acceptors (Lipinski definition) is 3. The largest absolute Gasteiger partial charge is 0.392 e. The molecule has 0 aliphatic carbocycles. The van der Waals surface area contributed by atoms with Gasteiger partial charge in [-0.3, -0.25) is 4.79 Å². The molecule has 2 N–H and O–H groups in total. The summed E-state index contributed by atoms with van der Waals surface area (Å²) in [7, 11) is 0. The van der Waals surface area contributed by atoms with Crippen LogP contribution in [0.25, 0.3) is 0 Å². The van der Waals surface area contributed by atoms with Crippen LogP contribution < -0.4 is 5.32 Å². The van der Waals surface area contributed by atoms with Crippen molar-refractivity contribution in [3.63, 3.8) is 0 Å². The van der Waals surface area contributed by atoms with E-state index >= 15 is 0 Å². The van der Waals surface area contributed by atoms with Crippen molar-refractivity contribution in [1.29, 1.82) is 0 Å². The van der Waals surface area contributed by atoms with Crippen molar-refractivity contribution in [2.45, 2.75) is 31.4 Å². The molecule has 4 nitrogen and oxygen atoms in total. The van der Waals surface area contributed by atoms with E-state index in [2.05, 4.69) is 11.9 Å². The van der Waals surface area contributed by atoms with Crippen molar-refractivity contribution in [1.82, 2.24) is 10.2 Å². The standard InChI is InChI=1S/C12H20N2O2/c1-2-9-3-5-14(6-4-9)12(16)11-7-10(15)8-13-11/h2,9-11,13,15H,1,3-8H2. The smallest absolute Gasteiger partial charge is 0.239 e. The molecular formula is C12H20N2O2. The van der Waals surface area contributed by atoms with Gasteiger partial charge >= 0.3 is 0 Å². The Labute approximate surface area is 96.3 Å². The Kier molecular flexibility index (Phi) is 3.61. The molecule has 4 heteroatoms. The molecule has 90 valence electrons. The molecule has 16 heavy (non-hydrogen) atoms. The monoisotopic (exact) mass is 224 g/mol. The summed E-state index contributed by atoms with van der Waals surface area (Å²) in [6, 6.07) is -0.171. The fourth-order valence-corrected chi connectivity index (χ4v) is 2.48. The maximum absolute atomic E-state index is 12.1. The number of β-amino-alcohol motifs (C(OH)–C–C–N with tert-alkyl or cyclic N) is 1. The molecule has 2 rings (SSSR count). The van der Waals surface area contributed by atoms with E-state index in [-0.39, 0.29) is 18.1 Å². The lowest BCUT2D eigenvalue weighted by Gasteiger charge is -2.32. The van der Waals surface area contributed by atoms with E-state index in [0.717, 1.165) is 25.9 Å². The summed E-state index contributed by atoms with van der Waals surface area (Å²) in [5, 5.41) is 12.4. The van der Waals surface area contributed by atoms with Gasteiger partial charge in [-0.2, -0.15) is 0 Å². The number of nitrogens with one attached hydrogen (secondary N) is 1. The average Bonchev–Trinajstić information content (AvgIpc) is 2.75. The Morgan fingerprint density at radius 3 is 2.62 bits per heavy atom. The van der Waals surface area contributed by atoms with Crippen LogP contribution in [0.3, 0.4) is 0 Å². The van der Waals surface area contributed by atoms with Crippen molar-refractivity contribution in [3.05, 3.63) is 12.7 Å². The molecule has 0 aromatic heterocycles. The predicted molar refractivity (Wildman–Crippen MR) is 61.9 cm³/mol. The first kappa shape index (κ1) is 11.6. The van der Waals surface area contributed by atoms with Crippen LogP contribution >= 0.6 is 0 Å². The van der Waals surface area contributed by atoms with E-state index in [9.17, 15) is 9.90 Å². The molecule has 2 saturated heterocycles. The molecule has 0 bridgehead atoms. The summed E-state index contributed by atoms with van der Waals surface area (Å²) >= 11 is 0. The van der Waals surface area contributed by atoms with E-state index in [1.54, 1.807) is 0 Å². The normalized spacial score (nSPS) is 31.7. The topological polar surface area (TPSA) is 52.6 Å². The molecule has 2 aliphatic rings. The van der Waals surface area contributed by atoms with Gasteiger partial charge in [-0.25, -0.2) is 0 Å². The first-order valence-electron chi connectivity index (χ1n) is 6.03. The van der Waals surface area contributed by atoms with Gasteiger partial charge in [0.05, 0.1) is 12.1 Å². The Bertz CT molecular complexity index is 272. The summed E-state index contributed by atoms with van der Waals surface area (Å²) in [5.74, 6) is 0.713. The fourth-order valence-electron chi connectivity index (χ4n) is 2.48. The number of rotatable bonds is 2. The van der Waals surface area contributed by atoms with E-state index < -0.39 is 0 Å². The summed E-state index contributed by atoms with van der Waals surface area (Å²) in [5.41, 5.74) is 0. The predicted octanol–water partition coefficient (Wildman–Crippen LogP) is 0.134. The van der Waals surface area contributed by atoms with Crippen LogP contribution in [0, 0.1) is 5.92 Å². The number of carbonyl (C=O) groups is 1. The van der Waals surface area contributed by atoms with E-state index in [1.807, 2.05) is 11.0 Å². The highest BCUT2D eigenvalue weighted by Crippen LogP contribution is 2.19. The van der Waals surface area contributed by atoms with Crippen molar-refractivity contribution in [2.75, 3.05) is 19.6 Å². The molecule has 2 fully saturated rings. The zero-order valence-corrected chi connectivity index (χ0v) is 9.56. The quantitative estimate of drug-likeness (QED) is 0.656. The highest BCUT2D eigenvalue weighted by molar-refractivity contribution is 5.82. The minimum atomic E-state index is -0.361. The van der Waals surface area contributed by atoms with Gasteiger partial charge in [0.2, 0.25) is 5.91 Å². The molecule has 2 unspecified atom stereocenters. The molecule has 2 atom stereocenters. The summed E-state index contributed by atoms with van der Waals surface area (Å²) in [6.07, 6.45) is 4.22. The second-order valence-corrected chi connectivity index (χ2v) is 4.75. The Hall–Kier alpha value is -0.870. The van der Waals surface area contributed by atoms with Crippen molar-refractivity contribution in [2.24, 2.45) is 5.92 Å². The number of amides is 1. The van der Waals surface area contributed by atoms with Crippen LogP contribution in [-0.2, 0) is 4.79 Å². The lowest BCUT2D eigenvalue weighted by molar-refractivity contribution is -0.134. The summed E-state index contributed by atoms with van der Waals surface area (Å²) < 4.78 is 0. The number of piperidine rings is 1. The maximum Gasteiger partial charge on any atom is 0.239 e. The molecule has 2 aliphatic heterocycles. The number of hydrogen-bond donors (Lipinski definition) is 2. The molecular weight excluding hydrogens is 204 g/mol. The Morgan fingerprint density at radius 2 is 2.12 bits per heavy atom. The van der Waals surface area contributed by atoms with Crippen molar-refractivity contribution in [3.8, 4) is 0 Å². The number of allylic oxidation sites excluding steroid dienone is 1. The Balaban J connectivity index is 1.84. The van der Waals surface area contributed by atoms with Gasteiger partial charge in [0.1, 0.15) is 0 Å². The van der Waals surface area contributed by atoms with E-state index in [0.29, 0.717) is 18.9 Å². The van der Waals surface area contributed by atoms with Gasteiger partial charge < -0.3 is 15.3 Å². The van der Waals surface area contributed by atoms with Crippen molar-refractivity contribution < 1.29 is 9.90 Å². The third kappa shape index (κ3) is 2.44. The van der Waals surface area contributed by atoms with E-state index in [4.69, 9.17) is 0 Å². The van der Waals surface area contributed by atoms with Gasteiger partial charge in [-0.05, 0) is 25.2 Å². The minimum absolute atomic E-state index is 0.152. The molecule has 0 aromatic rings. The highest BCUT2D eigenvalue weighted by atomic mass is 16.3. The Morgan fingerprint density at radius 1 is 1.44 bits per heavy atom. The van der Waals surface area contributed by atoms with Gasteiger partial charge in [-0.15, -0.1) is 6.58 Å². The van der Waals surface area contributed by atoms with Crippen LogP contribution in [0.15, 0.2) is 12.7 Å². The van der Waals surface area contributed by atoms with Gasteiger partial charge in [0, 0.05) is 19.6 Å². The third-order valence-electron chi connectivity index (χ3n) is 3.59. The van der Waals surface area contributed by atoms with Gasteiger partial charge in [0.25, 0.3) is 0 Å². The second kappa shape index (κ2) is 4.97. The van der Waals surface area contributed by atoms with Crippen molar-refractivity contribution >= 4 is 5.91 Å². The maximum atomic E-state index is 12.1.